The van der Waals surface area contributed by atoms with Crippen molar-refractivity contribution in [1.82, 2.24) is 15.1 Å². The first-order valence-electron chi connectivity index (χ1n) is 9.06. The molecule has 3 rings (SSSR count). The van der Waals surface area contributed by atoms with Crippen molar-refractivity contribution < 1.29 is 19.1 Å². The Labute approximate surface area is 153 Å². The molecule has 26 heavy (non-hydrogen) atoms. The average Bonchev–Trinajstić information content (AvgIpc) is 3.45. The Bertz CT molecular complexity index is 694. The van der Waals surface area contributed by atoms with Crippen molar-refractivity contribution in [3.63, 3.8) is 0 Å². The standard InChI is InChI=1S/C19H25N3O4/c1-13(19(25)22-10-8-21(9-11-22)14(2)23)26-17-5-3-4-15(12-17)18(24)20-16-6-7-16/h3-5,12-13,16H,6-11H2,1-2H3,(H,20,24). The molecule has 1 heterocycles. The van der Waals surface area contributed by atoms with E-state index < -0.39 is 6.10 Å². The molecule has 1 saturated carbocycles. The number of carbonyl (C=O) groups excluding carboxylic acids is 3. The van der Waals surface area contributed by atoms with E-state index in [-0.39, 0.29) is 17.7 Å². The van der Waals surface area contributed by atoms with Crippen molar-refractivity contribution in [2.24, 2.45) is 0 Å². The molecule has 3 amide bonds. The molecule has 7 heteroatoms. The molecule has 0 aromatic heterocycles. The Hall–Kier alpha value is -2.57. The van der Waals surface area contributed by atoms with Gasteiger partial charge in [0.1, 0.15) is 5.75 Å². The van der Waals surface area contributed by atoms with Crippen LogP contribution in [0.2, 0.25) is 0 Å². The van der Waals surface area contributed by atoms with Crippen LogP contribution in [0.25, 0.3) is 0 Å². The van der Waals surface area contributed by atoms with Crippen LogP contribution in [0.15, 0.2) is 24.3 Å². The molecule has 0 radical (unpaired) electrons. The van der Waals surface area contributed by atoms with Gasteiger partial charge >= 0.3 is 0 Å². The summed E-state index contributed by atoms with van der Waals surface area (Å²) in [5.41, 5.74) is 0.532. The number of nitrogens with one attached hydrogen (secondary N) is 1. The molecule has 7 nitrogen and oxygen atoms in total. The second-order valence-corrected chi connectivity index (χ2v) is 6.87. The number of ether oxygens (including phenoxy) is 1. The number of piperazine rings is 1. The maximum absolute atomic E-state index is 12.6. The number of carbonyl (C=O) groups is 3. The van der Waals surface area contributed by atoms with Crippen LogP contribution in [0.5, 0.6) is 5.75 Å². The molecule has 1 aliphatic heterocycles. The van der Waals surface area contributed by atoms with Gasteiger partial charge in [-0.05, 0) is 38.0 Å². The van der Waals surface area contributed by atoms with E-state index in [1.807, 2.05) is 0 Å². The summed E-state index contributed by atoms with van der Waals surface area (Å²) in [4.78, 5) is 39.5. The number of benzene rings is 1. The molecule has 1 unspecified atom stereocenters. The molecule has 1 saturated heterocycles. The highest BCUT2D eigenvalue weighted by Crippen LogP contribution is 2.21. The van der Waals surface area contributed by atoms with E-state index in [2.05, 4.69) is 5.32 Å². The third-order valence-electron chi connectivity index (χ3n) is 4.71. The number of nitrogens with zero attached hydrogens (tertiary/aromatic N) is 2. The van der Waals surface area contributed by atoms with Crippen LogP contribution in [0.1, 0.15) is 37.0 Å². The van der Waals surface area contributed by atoms with Crippen LogP contribution in [0, 0.1) is 0 Å². The van der Waals surface area contributed by atoms with Gasteiger partial charge in [0.25, 0.3) is 11.8 Å². The Kier molecular flexibility index (Phi) is 5.44. The minimum atomic E-state index is -0.652. The van der Waals surface area contributed by atoms with Gasteiger partial charge in [-0.1, -0.05) is 6.07 Å². The van der Waals surface area contributed by atoms with Crippen LogP contribution >= 0.6 is 0 Å². The largest absolute Gasteiger partial charge is 0.481 e. The first-order valence-corrected chi connectivity index (χ1v) is 9.06. The SMILES string of the molecule is CC(=O)N1CCN(C(=O)C(C)Oc2cccc(C(=O)NC3CC3)c2)CC1. The van der Waals surface area contributed by atoms with Gasteiger partial charge in [-0.25, -0.2) is 0 Å². The fraction of sp³-hybridized carbons (Fsp3) is 0.526. The molecule has 1 atom stereocenters. The average molecular weight is 359 g/mol. The first-order chi connectivity index (χ1) is 12.4. The monoisotopic (exact) mass is 359 g/mol. The molecule has 1 N–H and O–H groups in total. The Balaban J connectivity index is 1.55. The van der Waals surface area contributed by atoms with Crippen molar-refractivity contribution in [3.05, 3.63) is 29.8 Å². The molecule has 0 bridgehead atoms. The van der Waals surface area contributed by atoms with Crippen LogP contribution in [0.3, 0.4) is 0 Å². The summed E-state index contributed by atoms with van der Waals surface area (Å²) in [7, 11) is 0. The summed E-state index contributed by atoms with van der Waals surface area (Å²) >= 11 is 0. The summed E-state index contributed by atoms with van der Waals surface area (Å²) < 4.78 is 5.76. The summed E-state index contributed by atoms with van der Waals surface area (Å²) in [6.07, 6.45) is 1.41. The van der Waals surface area contributed by atoms with Crippen molar-refractivity contribution >= 4 is 17.7 Å². The second kappa shape index (κ2) is 7.76. The molecular weight excluding hydrogens is 334 g/mol. The highest BCUT2D eigenvalue weighted by Gasteiger charge is 2.27. The summed E-state index contributed by atoms with van der Waals surface area (Å²) in [6.45, 7) is 5.35. The smallest absolute Gasteiger partial charge is 0.263 e. The lowest BCUT2D eigenvalue weighted by Crippen LogP contribution is -2.52. The molecule has 2 fully saturated rings. The summed E-state index contributed by atoms with van der Waals surface area (Å²) in [5.74, 6) is 0.303. The first kappa shape index (κ1) is 18.2. The third kappa shape index (κ3) is 4.53. The predicted octanol–water partition coefficient (Wildman–Crippen LogP) is 1.04. The molecular formula is C19H25N3O4. The highest BCUT2D eigenvalue weighted by atomic mass is 16.5. The highest BCUT2D eigenvalue weighted by molar-refractivity contribution is 5.95. The van der Waals surface area contributed by atoms with E-state index in [1.165, 1.54) is 6.92 Å². The minimum absolute atomic E-state index is 0.0303. The number of hydrogen-bond acceptors (Lipinski definition) is 4. The van der Waals surface area contributed by atoms with E-state index >= 15 is 0 Å². The molecule has 0 spiro atoms. The topological polar surface area (TPSA) is 79.0 Å². The zero-order valence-corrected chi connectivity index (χ0v) is 15.2. The molecule has 1 aromatic carbocycles. The Morgan fingerprint density at radius 2 is 1.77 bits per heavy atom. The number of amides is 3. The molecule has 2 aliphatic rings. The number of hydrogen-bond donors (Lipinski definition) is 1. The molecule has 1 aromatic rings. The van der Waals surface area contributed by atoms with Crippen molar-refractivity contribution in [2.75, 3.05) is 26.2 Å². The number of rotatable bonds is 5. The fourth-order valence-corrected chi connectivity index (χ4v) is 2.96. The van der Waals surface area contributed by atoms with Gasteiger partial charge in [0.15, 0.2) is 6.10 Å². The maximum Gasteiger partial charge on any atom is 0.263 e. The second-order valence-electron chi connectivity index (χ2n) is 6.87. The summed E-state index contributed by atoms with van der Waals surface area (Å²) in [6, 6.07) is 7.18. The minimum Gasteiger partial charge on any atom is -0.481 e. The lowest BCUT2D eigenvalue weighted by atomic mass is 10.2. The van der Waals surface area contributed by atoms with Gasteiger partial charge in [0.2, 0.25) is 5.91 Å². The van der Waals surface area contributed by atoms with E-state index in [0.29, 0.717) is 43.5 Å². The van der Waals surface area contributed by atoms with Crippen LogP contribution in [-0.2, 0) is 9.59 Å². The van der Waals surface area contributed by atoms with Crippen molar-refractivity contribution in [2.45, 2.75) is 38.8 Å². The van der Waals surface area contributed by atoms with Crippen LogP contribution in [-0.4, -0.2) is 65.8 Å². The molecule has 1 aliphatic carbocycles. The van der Waals surface area contributed by atoms with Gasteiger partial charge in [0, 0.05) is 44.7 Å². The molecule has 140 valence electrons. The van der Waals surface area contributed by atoms with E-state index in [1.54, 1.807) is 41.0 Å². The van der Waals surface area contributed by atoms with Gasteiger partial charge < -0.3 is 19.9 Å². The van der Waals surface area contributed by atoms with Gasteiger partial charge in [-0.15, -0.1) is 0 Å². The summed E-state index contributed by atoms with van der Waals surface area (Å²) in [5, 5.41) is 2.94. The lowest BCUT2D eigenvalue weighted by Gasteiger charge is -2.35. The van der Waals surface area contributed by atoms with Crippen molar-refractivity contribution in [3.8, 4) is 5.75 Å². The van der Waals surface area contributed by atoms with Gasteiger partial charge in [0.05, 0.1) is 0 Å². The van der Waals surface area contributed by atoms with E-state index in [9.17, 15) is 14.4 Å². The van der Waals surface area contributed by atoms with Crippen LogP contribution < -0.4 is 10.1 Å². The Morgan fingerprint density at radius 3 is 2.38 bits per heavy atom. The van der Waals surface area contributed by atoms with E-state index in [4.69, 9.17) is 4.74 Å². The predicted molar refractivity (Wildman–Crippen MR) is 95.9 cm³/mol. The van der Waals surface area contributed by atoms with E-state index in [0.717, 1.165) is 12.8 Å². The third-order valence-corrected chi connectivity index (χ3v) is 4.71. The van der Waals surface area contributed by atoms with Gasteiger partial charge in [-0.2, -0.15) is 0 Å². The fourth-order valence-electron chi connectivity index (χ4n) is 2.96. The van der Waals surface area contributed by atoms with Gasteiger partial charge in [-0.3, -0.25) is 14.4 Å². The lowest BCUT2D eigenvalue weighted by molar-refractivity contribution is -0.143. The normalized spacial score (nSPS) is 18.2. The zero-order valence-electron chi connectivity index (χ0n) is 15.2. The van der Waals surface area contributed by atoms with Crippen molar-refractivity contribution in [1.29, 1.82) is 0 Å². The Morgan fingerprint density at radius 1 is 1.12 bits per heavy atom. The quantitative estimate of drug-likeness (QED) is 0.852. The maximum atomic E-state index is 12.6. The van der Waals surface area contributed by atoms with Crippen LogP contribution in [0.4, 0.5) is 0 Å². The zero-order chi connectivity index (χ0) is 18.7.